The van der Waals surface area contributed by atoms with Gasteiger partial charge in [0.2, 0.25) is 5.91 Å². The molecule has 3 aliphatic rings. The number of ether oxygens (including phenoxy) is 1. The van der Waals surface area contributed by atoms with Gasteiger partial charge in [0.1, 0.15) is 6.61 Å². The van der Waals surface area contributed by atoms with Crippen LogP contribution in [0.15, 0.2) is 48.5 Å². The molecule has 2 aromatic rings. The summed E-state index contributed by atoms with van der Waals surface area (Å²) in [4.78, 5) is 36.4. The zero-order chi connectivity index (χ0) is 24.4. The number of benzene rings is 2. The van der Waals surface area contributed by atoms with Crippen LogP contribution < -0.4 is 10.6 Å². The van der Waals surface area contributed by atoms with E-state index in [1.165, 1.54) is 22.3 Å². The minimum Gasteiger partial charge on any atom is -0.481 e. The van der Waals surface area contributed by atoms with Crippen LogP contribution in [0.25, 0.3) is 11.1 Å². The Bertz CT molecular complexity index is 1070. The van der Waals surface area contributed by atoms with Crippen molar-refractivity contribution in [2.75, 3.05) is 6.61 Å². The van der Waals surface area contributed by atoms with E-state index < -0.39 is 18.0 Å². The highest BCUT2D eigenvalue weighted by Crippen LogP contribution is 2.44. The maximum Gasteiger partial charge on any atom is 0.407 e. The second-order valence-electron chi connectivity index (χ2n) is 10.1. The smallest absolute Gasteiger partial charge is 0.407 e. The Morgan fingerprint density at radius 3 is 2.26 bits per heavy atom. The van der Waals surface area contributed by atoms with Crippen molar-refractivity contribution in [1.82, 2.24) is 10.6 Å². The van der Waals surface area contributed by atoms with Gasteiger partial charge in [-0.05, 0) is 60.3 Å². The monoisotopic (exact) mass is 476 g/mol. The molecule has 2 amide bonds. The molecule has 0 radical (unpaired) electrons. The van der Waals surface area contributed by atoms with Crippen LogP contribution in [0.1, 0.15) is 62.0 Å². The van der Waals surface area contributed by atoms with Gasteiger partial charge in [0, 0.05) is 24.4 Å². The van der Waals surface area contributed by atoms with E-state index in [0.717, 1.165) is 32.1 Å². The van der Waals surface area contributed by atoms with Crippen LogP contribution in [0.4, 0.5) is 4.79 Å². The number of fused-ring (bicyclic) bond motifs is 3. The molecule has 3 aliphatic carbocycles. The van der Waals surface area contributed by atoms with Gasteiger partial charge in [0.25, 0.3) is 0 Å². The first-order chi connectivity index (χ1) is 17.0. The number of hydrogen-bond donors (Lipinski definition) is 3. The molecular formula is C28H32N2O5. The number of carboxylic acid groups (broad SMARTS) is 1. The predicted octanol–water partition coefficient (Wildman–Crippen LogP) is 4.45. The first-order valence-electron chi connectivity index (χ1n) is 12.6. The third kappa shape index (κ3) is 5.04. The molecule has 3 N–H and O–H groups in total. The summed E-state index contributed by atoms with van der Waals surface area (Å²) in [6, 6.07) is 16.2. The molecule has 2 saturated carbocycles. The Morgan fingerprint density at radius 2 is 1.57 bits per heavy atom. The van der Waals surface area contributed by atoms with Crippen LogP contribution in [-0.2, 0) is 14.3 Å². The lowest BCUT2D eigenvalue weighted by Gasteiger charge is -2.19. The van der Waals surface area contributed by atoms with E-state index in [0.29, 0.717) is 12.8 Å². The molecule has 5 rings (SSSR count). The third-order valence-corrected chi connectivity index (χ3v) is 7.86. The van der Waals surface area contributed by atoms with Gasteiger partial charge in [-0.3, -0.25) is 9.59 Å². The Balaban J connectivity index is 1.09. The lowest BCUT2D eigenvalue weighted by molar-refractivity contribution is -0.142. The molecule has 7 heteroatoms. The fraction of sp³-hybridized carbons (Fsp3) is 0.464. The Hall–Kier alpha value is -3.35. The largest absolute Gasteiger partial charge is 0.481 e. The second kappa shape index (κ2) is 10.1. The standard InChI is InChI=1S/C28H32N2O5/c31-26(30-25-11-5-10-23(25)27(32)33)15-17-12-13-18(14-17)29-28(34)35-16-24-21-8-3-1-6-19(21)20-7-2-4-9-22(20)24/h1-4,6-9,17-18,23-25H,5,10-16H2,(H,29,34)(H,30,31)(H,32,33)/t17-,18+,23-,25+/m1/s1. The number of aliphatic carboxylic acids is 1. The van der Waals surface area contributed by atoms with Gasteiger partial charge < -0.3 is 20.5 Å². The molecule has 35 heavy (non-hydrogen) atoms. The molecule has 0 saturated heterocycles. The Labute approximate surface area is 205 Å². The van der Waals surface area contributed by atoms with Crippen molar-refractivity contribution in [2.24, 2.45) is 11.8 Å². The number of alkyl carbamates (subject to hydrolysis) is 1. The highest BCUT2D eigenvalue weighted by atomic mass is 16.5. The molecule has 0 aliphatic heterocycles. The van der Waals surface area contributed by atoms with Crippen LogP contribution in [0.2, 0.25) is 0 Å². The van der Waals surface area contributed by atoms with Gasteiger partial charge >= 0.3 is 12.1 Å². The predicted molar refractivity (Wildman–Crippen MR) is 131 cm³/mol. The SMILES string of the molecule is O=C(C[C@@H]1CC[C@H](NC(=O)OCC2c3ccccc3-c3ccccc32)C1)N[C@H]1CCC[C@H]1C(=O)O. The maximum atomic E-state index is 12.6. The molecular weight excluding hydrogens is 444 g/mol. The van der Waals surface area contributed by atoms with Gasteiger partial charge in [0.05, 0.1) is 5.92 Å². The van der Waals surface area contributed by atoms with Gasteiger partial charge in [-0.1, -0.05) is 55.0 Å². The summed E-state index contributed by atoms with van der Waals surface area (Å²) in [5, 5.41) is 15.2. The summed E-state index contributed by atoms with van der Waals surface area (Å²) in [5.41, 5.74) is 4.75. The highest BCUT2D eigenvalue weighted by molar-refractivity contribution is 5.79. The van der Waals surface area contributed by atoms with Gasteiger partial charge in [0.15, 0.2) is 0 Å². The second-order valence-corrected chi connectivity index (χ2v) is 10.1. The minimum atomic E-state index is -0.832. The first kappa shape index (κ1) is 23.4. The van der Waals surface area contributed by atoms with E-state index in [1.807, 2.05) is 24.3 Å². The number of rotatable bonds is 7. The summed E-state index contributed by atoms with van der Waals surface area (Å²) in [5.74, 6) is -1.20. The quantitative estimate of drug-likeness (QED) is 0.548. The molecule has 0 unspecified atom stereocenters. The van der Waals surface area contributed by atoms with Gasteiger partial charge in [-0.15, -0.1) is 0 Å². The zero-order valence-electron chi connectivity index (χ0n) is 19.7. The summed E-state index contributed by atoms with van der Waals surface area (Å²) < 4.78 is 5.66. The van der Waals surface area contributed by atoms with Crippen molar-refractivity contribution in [3.8, 4) is 11.1 Å². The molecule has 0 aromatic heterocycles. The number of nitrogens with one attached hydrogen (secondary N) is 2. The normalized spacial score (nSPS) is 25.0. The average molecular weight is 477 g/mol. The van der Waals surface area contributed by atoms with Crippen molar-refractivity contribution in [3.05, 3.63) is 59.7 Å². The summed E-state index contributed by atoms with van der Waals surface area (Å²) >= 11 is 0. The van der Waals surface area contributed by atoms with E-state index in [2.05, 4.69) is 34.9 Å². The molecule has 0 spiro atoms. The first-order valence-corrected chi connectivity index (χ1v) is 12.6. The molecule has 184 valence electrons. The summed E-state index contributed by atoms with van der Waals surface area (Å²) in [7, 11) is 0. The number of hydrogen-bond acceptors (Lipinski definition) is 4. The molecule has 2 aromatic carbocycles. The van der Waals surface area contributed by atoms with Crippen molar-refractivity contribution in [1.29, 1.82) is 0 Å². The molecule has 0 heterocycles. The Kier molecular flexibility index (Phi) is 6.75. The van der Waals surface area contributed by atoms with E-state index >= 15 is 0 Å². The maximum absolute atomic E-state index is 12.6. The molecule has 7 nitrogen and oxygen atoms in total. The van der Waals surface area contributed by atoms with E-state index in [1.54, 1.807) is 0 Å². The fourth-order valence-corrected chi connectivity index (χ4v) is 6.15. The lowest BCUT2D eigenvalue weighted by atomic mass is 9.98. The number of amides is 2. The fourth-order valence-electron chi connectivity index (χ4n) is 6.15. The highest BCUT2D eigenvalue weighted by Gasteiger charge is 2.35. The van der Waals surface area contributed by atoms with Crippen LogP contribution in [0, 0.1) is 11.8 Å². The topological polar surface area (TPSA) is 105 Å². The van der Waals surface area contributed by atoms with Crippen LogP contribution in [-0.4, -0.2) is 41.8 Å². The molecule has 0 bridgehead atoms. The van der Waals surface area contributed by atoms with Crippen molar-refractivity contribution < 1.29 is 24.2 Å². The van der Waals surface area contributed by atoms with Crippen molar-refractivity contribution in [3.63, 3.8) is 0 Å². The summed E-state index contributed by atoms with van der Waals surface area (Å²) in [6.45, 7) is 0.282. The van der Waals surface area contributed by atoms with E-state index in [9.17, 15) is 19.5 Å². The summed E-state index contributed by atoms with van der Waals surface area (Å²) in [6.07, 6.45) is 4.51. The lowest BCUT2D eigenvalue weighted by Crippen LogP contribution is -2.40. The van der Waals surface area contributed by atoms with Crippen LogP contribution in [0.3, 0.4) is 0 Å². The van der Waals surface area contributed by atoms with Crippen molar-refractivity contribution in [2.45, 2.75) is 62.9 Å². The third-order valence-electron chi connectivity index (χ3n) is 7.86. The molecule has 2 fully saturated rings. The van der Waals surface area contributed by atoms with Gasteiger partial charge in [-0.2, -0.15) is 0 Å². The van der Waals surface area contributed by atoms with E-state index in [-0.39, 0.29) is 36.4 Å². The van der Waals surface area contributed by atoms with E-state index in [4.69, 9.17) is 4.74 Å². The number of carboxylic acids is 1. The van der Waals surface area contributed by atoms with Gasteiger partial charge in [-0.25, -0.2) is 4.79 Å². The minimum absolute atomic E-state index is 0.0123. The zero-order valence-corrected chi connectivity index (χ0v) is 19.7. The Morgan fingerprint density at radius 1 is 0.886 bits per heavy atom. The molecule has 4 atom stereocenters. The van der Waals surface area contributed by atoms with Crippen LogP contribution >= 0.6 is 0 Å². The van der Waals surface area contributed by atoms with Crippen LogP contribution in [0.5, 0.6) is 0 Å². The average Bonchev–Trinajstić information content (AvgIpc) is 3.56. The van der Waals surface area contributed by atoms with Crippen molar-refractivity contribution >= 4 is 18.0 Å². The number of carbonyl (C=O) groups excluding carboxylic acids is 2. The number of carbonyl (C=O) groups is 3.